The number of halogens is 1. The van der Waals surface area contributed by atoms with Crippen molar-refractivity contribution in [1.29, 1.82) is 0 Å². The number of nitrogens with one attached hydrogen (secondary N) is 2. The van der Waals surface area contributed by atoms with Crippen molar-refractivity contribution in [3.05, 3.63) is 84.0 Å². The van der Waals surface area contributed by atoms with Gasteiger partial charge in [0, 0.05) is 78.8 Å². The number of amides is 2. The first-order chi connectivity index (χ1) is 50.5. The quantitative estimate of drug-likeness (QED) is 0.0135. The molecule has 2 amide bonds. The molecular weight excluding hydrogens is 1420 g/mol. The van der Waals surface area contributed by atoms with Crippen molar-refractivity contribution in [2.75, 3.05) is 81.0 Å². The molecule has 0 fully saturated rings. The van der Waals surface area contributed by atoms with E-state index in [0.717, 1.165) is 115 Å². The highest BCUT2D eigenvalue weighted by Crippen LogP contribution is 2.29. The number of carboxylic acids is 1. The van der Waals surface area contributed by atoms with Crippen molar-refractivity contribution in [2.24, 2.45) is 11.8 Å². The molecule has 0 aliphatic rings. The molecule has 0 bridgehead atoms. The number of allylic oxidation sites excluding steroid dienone is 2. The summed E-state index contributed by atoms with van der Waals surface area (Å²) in [6.07, 6.45) is 31.1. The number of unbranched alkanes of at least 4 members (excludes halogenated alkanes) is 18. The van der Waals surface area contributed by atoms with Crippen LogP contribution in [0.15, 0.2) is 72.8 Å². The van der Waals surface area contributed by atoms with Crippen LogP contribution in [0.2, 0.25) is 0 Å². The Morgan fingerprint density at radius 2 is 0.800 bits per heavy atom. The van der Waals surface area contributed by atoms with Crippen LogP contribution in [0.1, 0.15) is 231 Å². The van der Waals surface area contributed by atoms with Crippen LogP contribution >= 0.6 is 15.9 Å². The second-order valence-electron chi connectivity index (χ2n) is 25.9. The van der Waals surface area contributed by atoms with Crippen LogP contribution in [0.3, 0.4) is 0 Å². The number of carboxylic acid groups (broad SMARTS) is 1. The number of aliphatic carboxylic acids is 1. The third-order valence-electron chi connectivity index (χ3n) is 17.4. The van der Waals surface area contributed by atoms with Crippen molar-refractivity contribution in [1.82, 2.24) is 10.6 Å². The van der Waals surface area contributed by atoms with Gasteiger partial charge in [-0.15, -0.1) is 0 Å². The van der Waals surface area contributed by atoms with Crippen LogP contribution in [-0.4, -0.2) is 179 Å². The average Bonchev–Trinajstić information content (AvgIpc) is 0.806. The van der Waals surface area contributed by atoms with Gasteiger partial charge >= 0.3 is 35.8 Å². The zero-order valence-electron chi connectivity index (χ0n) is 64.6. The number of benzene rings is 2. The highest BCUT2D eigenvalue weighted by molar-refractivity contribution is 9.09. The molecule has 2 rings (SSSR count). The van der Waals surface area contributed by atoms with E-state index in [-0.39, 0.29) is 50.2 Å². The first kappa shape index (κ1) is 97.9. The summed E-state index contributed by atoms with van der Waals surface area (Å²) >= 11 is 2.90. The van der Waals surface area contributed by atoms with Crippen LogP contribution in [0.5, 0.6) is 11.5 Å². The minimum absolute atomic E-state index is 0.0642. The van der Waals surface area contributed by atoms with Crippen molar-refractivity contribution in [2.45, 2.75) is 256 Å². The summed E-state index contributed by atoms with van der Waals surface area (Å²) in [5, 5.41) is 38.6. The van der Waals surface area contributed by atoms with E-state index in [4.69, 9.17) is 33.2 Å². The summed E-state index contributed by atoms with van der Waals surface area (Å²) in [5.41, 5.74) is -3.48. The number of Topliss-reactive ketones (excluding diaryl/α,β-unsaturated/α-hetero) is 2. The lowest BCUT2D eigenvalue weighted by atomic mass is 9.82. The van der Waals surface area contributed by atoms with Gasteiger partial charge in [-0.05, 0) is 99.6 Å². The normalized spacial score (nSPS) is 13.3. The van der Waals surface area contributed by atoms with Gasteiger partial charge in [-0.2, -0.15) is 0 Å². The fraction of sp³-hybridized carbons (Fsp3) is 0.675. The molecule has 105 heavy (non-hydrogen) atoms. The molecule has 596 valence electrons. The number of alkyl halides is 1. The molecule has 0 saturated carbocycles. The monoisotopic (exact) mass is 1550 g/mol. The van der Waals surface area contributed by atoms with E-state index >= 15 is 0 Å². The Balaban J connectivity index is 0.00000192. The lowest BCUT2D eigenvalue weighted by molar-refractivity contribution is -0.179. The number of ether oxygens (including phenoxy) is 9. The van der Waals surface area contributed by atoms with Crippen LogP contribution in [0.25, 0.3) is 0 Å². The van der Waals surface area contributed by atoms with E-state index < -0.39 is 83.4 Å². The third-order valence-corrected chi connectivity index (χ3v) is 17.8. The van der Waals surface area contributed by atoms with E-state index in [1.807, 2.05) is 0 Å². The topological polar surface area (TPSA) is 339 Å². The molecule has 6 atom stereocenters. The molecule has 24 nitrogen and oxygen atoms in total. The van der Waals surface area contributed by atoms with Gasteiger partial charge in [-0.3, -0.25) is 24.0 Å². The smallest absolute Gasteiger partial charge is 0.344 e. The number of rotatable bonds is 59. The molecule has 0 radical (unpaired) electrons. The molecule has 0 spiro atoms. The maximum Gasteiger partial charge on any atom is 0.344 e. The van der Waals surface area contributed by atoms with E-state index in [1.54, 1.807) is 60.7 Å². The predicted octanol–water partition coefficient (Wildman–Crippen LogP) is 12.9. The summed E-state index contributed by atoms with van der Waals surface area (Å²) in [6, 6.07) is 12.0. The molecule has 0 aliphatic heterocycles. The Kier molecular flexibility index (Phi) is 57.9. The van der Waals surface area contributed by atoms with Gasteiger partial charge in [0.1, 0.15) is 40.5 Å². The molecule has 0 aromatic heterocycles. The lowest BCUT2D eigenvalue weighted by Gasteiger charge is -2.32. The molecule has 2 aromatic rings. The van der Waals surface area contributed by atoms with Gasteiger partial charge in [0.15, 0.2) is 17.8 Å². The standard InChI is InChI=1S/C40H63NO11.C37H59NO9.C3H5BrO2/c1-6-8-10-13-16-19-32(42)20-17-14-11-12-15-18-21-34(40(47,26-28-48-3)39(46)52-30-36(43)49-4)37(44)41-35(38(45)50-5)29-31-22-24-33(25-23-31)51-27-9-7-2;1-5-7-9-12-15-18-30(39)19-16-13-10-11-14-17-20-32(37(44,36(42)43)25-27-45-3)34(40)38-33(35(41)46-4)28-29-21-23-31(24-22-29)47-26-8-6-2;1-6-3(5)2-4/h18,21-25,34-35,47H,6-17,19-20,26-30H2,1-5H3,(H,41,44);17,20-24,32-33,44H,5-16,18-19,25-28H2,1-4H3,(H,38,40)(H,42,43);2H2,1H3/b21-18+;20-17+;/t34-,35+,40+;32-,33+,37+;/m11./s1. The number of carbonyl (C=O) groups excluding carboxylic acids is 9. The van der Waals surface area contributed by atoms with Gasteiger partial charge < -0.3 is 68.6 Å². The van der Waals surface area contributed by atoms with Gasteiger partial charge in [0.25, 0.3) is 0 Å². The number of esters is 5. The number of aliphatic hydroxyl groups is 2. The number of hydrogen-bond acceptors (Lipinski definition) is 21. The highest BCUT2D eigenvalue weighted by atomic mass is 79.9. The Morgan fingerprint density at radius 3 is 1.12 bits per heavy atom. The van der Waals surface area contributed by atoms with Gasteiger partial charge in [0.2, 0.25) is 11.8 Å². The largest absolute Gasteiger partial charge is 0.494 e. The van der Waals surface area contributed by atoms with E-state index in [9.17, 15) is 63.3 Å². The Labute approximate surface area is 633 Å². The van der Waals surface area contributed by atoms with E-state index in [1.165, 1.54) is 86.2 Å². The van der Waals surface area contributed by atoms with Crippen LogP contribution in [0.4, 0.5) is 0 Å². The number of methoxy groups -OCH3 is 6. The minimum atomic E-state index is -2.47. The second-order valence-corrected chi connectivity index (χ2v) is 26.5. The first-order valence-corrected chi connectivity index (χ1v) is 38.7. The predicted molar refractivity (Wildman–Crippen MR) is 406 cm³/mol. The molecule has 25 heteroatoms. The van der Waals surface area contributed by atoms with Crippen molar-refractivity contribution in [3.8, 4) is 11.5 Å². The fourth-order valence-electron chi connectivity index (χ4n) is 10.8. The Hall–Kier alpha value is -7.06. The van der Waals surface area contributed by atoms with Crippen LogP contribution in [-0.2, 0) is 93.9 Å². The van der Waals surface area contributed by atoms with E-state index in [0.29, 0.717) is 80.4 Å². The van der Waals surface area contributed by atoms with E-state index in [2.05, 4.69) is 63.7 Å². The van der Waals surface area contributed by atoms with Crippen LogP contribution in [0, 0.1) is 11.8 Å². The maximum absolute atomic E-state index is 13.9. The summed E-state index contributed by atoms with van der Waals surface area (Å²) < 4.78 is 45.3. The summed E-state index contributed by atoms with van der Waals surface area (Å²) in [5.74, 6) is -7.96. The number of hydrogen-bond donors (Lipinski definition) is 5. The molecule has 5 N–H and O–H groups in total. The second kappa shape index (κ2) is 62.0. The zero-order chi connectivity index (χ0) is 78.5. The number of carbonyl (C=O) groups is 10. The third kappa shape index (κ3) is 44.6. The fourth-order valence-corrected chi connectivity index (χ4v) is 11.0. The van der Waals surface area contributed by atoms with Crippen LogP contribution < -0.4 is 20.1 Å². The van der Waals surface area contributed by atoms with Crippen molar-refractivity contribution >= 4 is 75.1 Å². The average molecular weight is 1550 g/mol. The van der Waals surface area contributed by atoms with Gasteiger partial charge in [-0.25, -0.2) is 24.0 Å². The summed E-state index contributed by atoms with van der Waals surface area (Å²) in [4.78, 5) is 125. The molecule has 0 aliphatic carbocycles. The maximum atomic E-state index is 13.9. The molecule has 0 unspecified atom stereocenters. The summed E-state index contributed by atoms with van der Waals surface area (Å²) in [7, 11) is 7.64. The van der Waals surface area contributed by atoms with Crippen molar-refractivity contribution in [3.63, 3.8) is 0 Å². The SMILES string of the molecule is CCCCCCCC(=O)CCCCCC/C=C/[C@H](C(=O)N[C@@H](Cc1ccc(OCCCC)cc1)C(=O)OC)[C@@](O)(CCOC)C(=O)O.CCCCCCCC(=O)CCCCCC/C=C/[C@H](C(=O)N[C@@H](Cc1ccc(OCCCC)cc1)C(=O)OC)[C@@](O)(CCOC)C(=O)OCC(=O)OC.COC(=O)CBr. The number of ketones is 2. The molecule has 2 aromatic carbocycles. The van der Waals surface area contributed by atoms with Gasteiger partial charge in [-0.1, -0.05) is 182 Å². The van der Waals surface area contributed by atoms with Crippen molar-refractivity contribution < 1.29 is 106 Å². The first-order valence-electron chi connectivity index (χ1n) is 37.6. The highest BCUT2D eigenvalue weighted by Gasteiger charge is 2.49. The molecular formula is C80H127BrN2O22. The Bertz CT molecular complexity index is 2790. The van der Waals surface area contributed by atoms with Gasteiger partial charge in [0.05, 0.1) is 53.5 Å². The molecule has 0 heterocycles. The minimum Gasteiger partial charge on any atom is -0.494 e. The molecule has 0 saturated heterocycles. The zero-order valence-corrected chi connectivity index (χ0v) is 66.2. The summed E-state index contributed by atoms with van der Waals surface area (Å²) in [6.45, 7) is 8.69. The lowest BCUT2D eigenvalue weighted by Crippen LogP contribution is -2.55. The Morgan fingerprint density at radius 1 is 0.448 bits per heavy atom.